The van der Waals surface area contributed by atoms with Gasteiger partial charge in [0.1, 0.15) is 5.82 Å². The molecule has 0 spiro atoms. The molecule has 2 amide bonds. The summed E-state index contributed by atoms with van der Waals surface area (Å²) in [5.74, 6) is -0.376. The number of urea groups is 1. The molecule has 6 heteroatoms. The molecule has 1 atom stereocenters. The number of likely N-dealkylation sites (N-methyl/N-ethyl adjacent to an activating group) is 1. The number of hydrogen-bond donors (Lipinski definition) is 1. The Morgan fingerprint density at radius 2 is 2.03 bits per heavy atom. The van der Waals surface area contributed by atoms with E-state index in [4.69, 9.17) is 0 Å². The molecule has 0 aromatic heterocycles. The average molecular weight is 394 g/mol. The molecule has 1 saturated carbocycles. The van der Waals surface area contributed by atoms with Crippen LogP contribution in [0.2, 0.25) is 0 Å². The van der Waals surface area contributed by atoms with Crippen molar-refractivity contribution in [2.24, 2.45) is 5.10 Å². The van der Waals surface area contributed by atoms with Crippen LogP contribution in [0.15, 0.2) is 41.5 Å². The van der Waals surface area contributed by atoms with Crippen LogP contribution in [0.4, 0.5) is 14.9 Å². The first-order valence-corrected chi connectivity index (χ1v) is 10.1. The number of amides is 2. The second kappa shape index (κ2) is 7.85. The van der Waals surface area contributed by atoms with Crippen LogP contribution < -0.4 is 5.32 Å². The predicted octanol–water partition coefficient (Wildman–Crippen LogP) is 4.65. The minimum atomic E-state index is -0.318. The lowest BCUT2D eigenvalue weighted by Crippen LogP contribution is -2.36. The zero-order valence-electron chi connectivity index (χ0n) is 17.2. The van der Waals surface area contributed by atoms with Gasteiger partial charge in [0, 0.05) is 44.0 Å². The molecular weight excluding hydrogens is 367 g/mol. The molecule has 0 bridgehead atoms. The number of carbonyl (C=O) groups is 1. The maximum Gasteiger partial charge on any atom is 0.322 e. The second-order valence-corrected chi connectivity index (χ2v) is 8.17. The van der Waals surface area contributed by atoms with Crippen molar-refractivity contribution in [3.05, 3.63) is 64.5 Å². The Morgan fingerprint density at radius 3 is 2.69 bits per heavy atom. The van der Waals surface area contributed by atoms with Crippen LogP contribution >= 0.6 is 0 Å². The Morgan fingerprint density at radius 1 is 1.24 bits per heavy atom. The SMILES string of the molecule is Cc1ccc(C)c(CN(C(=O)Nc2ccc(C3C=NN(C)C3)c(F)c2)C2CC2)c1. The number of halogens is 1. The van der Waals surface area contributed by atoms with Gasteiger partial charge in [0.05, 0.1) is 0 Å². The van der Waals surface area contributed by atoms with Gasteiger partial charge in [0.25, 0.3) is 0 Å². The highest BCUT2D eigenvalue weighted by Gasteiger charge is 2.33. The first-order valence-electron chi connectivity index (χ1n) is 10.1. The fourth-order valence-corrected chi connectivity index (χ4v) is 3.76. The van der Waals surface area contributed by atoms with Crippen LogP contribution in [0.1, 0.15) is 41.0 Å². The third-order valence-electron chi connectivity index (χ3n) is 5.65. The smallest absolute Gasteiger partial charge is 0.317 e. The van der Waals surface area contributed by atoms with E-state index in [0.717, 1.165) is 18.4 Å². The topological polar surface area (TPSA) is 47.9 Å². The summed E-state index contributed by atoms with van der Waals surface area (Å²) in [5.41, 5.74) is 4.59. The van der Waals surface area contributed by atoms with E-state index in [1.807, 2.05) is 11.9 Å². The van der Waals surface area contributed by atoms with Crippen molar-refractivity contribution in [1.82, 2.24) is 9.91 Å². The molecule has 1 N–H and O–H groups in total. The van der Waals surface area contributed by atoms with Crippen molar-refractivity contribution in [3.8, 4) is 0 Å². The number of rotatable bonds is 5. The van der Waals surface area contributed by atoms with Gasteiger partial charge < -0.3 is 10.2 Å². The molecule has 1 fully saturated rings. The number of hydrazone groups is 1. The standard InChI is InChI=1S/C23H27FN4O/c1-15-4-5-16(2)17(10-15)14-28(20-7-8-20)23(29)26-19-6-9-21(22(24)11-19)18-12-25-27(3)13-18/h4-6,9-12,18,20H,7-8,13-14H2,1-3H3,(H,26,29). The van der Waals surface area contributed by atoms with Gasteiger partial charge in [0.2, 0.25) is 0 Å². The molecule has 2 aliphatic rings. The Hall–Kier alpha value is -2.89. The number of benzene rings is 2. The molecule has 1 aliphatic carbocycles. The quantitative estimate of drug-likeness (QED) is 0.802. The van der Waals surface area contributed by atoms with Crippen molar-refractivity contribution in [3.63, 3.8) is 0 Å². The van der Waals surface area contributed by atoms with Gasteiger partial charge in [-0.15, -0.1) is 0 Å². The third kappa shape index (κ3) is 4.42. The van der Waals surface area contributed by atoms with Crippen LogP contribution in [-0.2, 0) is 6.54 Å². The van der Waals surface area contributed by atoms with Crippen molar-refractivity contribution >= 4 is 17.9 Å². The molecule has 5 nitrogen and oxygen atoms in total. The molecule has 0 radical (unpaired) electrons. The number of aryl methyl sites for hydroxylation is 2. The summed E-state index contributed by atoms with van der Waals surface area (Å²) in [6, 6.07) is 11.3. The van der Waals surface area contributed by atoms with E-state index >= 15 is 0 Å². The van der Waals surface area contributed by atoms with Crippen LogP contribution in [0, 0.1) is 19.7 Å². The van der Waals surface area contributed by atoms with Gasteiger partial charge >= 0.3 is 6.03 Å². The normalized spacial score (nSPS) is 18.2. The van der Waals surface area contributed by atoms with Crippen LogP contribution in [-0.4, -0.2) is 41.8 Å². The monoisotopic (exact) mass is 394 g/mol. The van der Waals surface area contributed by atoms with Crippen molar-refractivity contribution in [1.29, 1.82) is 0 Å². The van der Waals surface area contributed by atoms with E-state index in [1.54, 1.807) is 23.4 Å². The summed E-state index contributed by atoms with van der Waals surface area (Å²) in [7, 11) is 1.87. The Bertz CT molecular complexity index is 954. The molecule has 0 saturated heterocycles. The minimum Gasteiger partial charge on any atom is -0.317 e. The number of anilines is 1. The lowest BCUT2D eigenvalue weighted by atomic mass is 10.00. The van der Waals surface area contributed by atoms with Crippen molar-refractivity contribution in [2.45, 2.75) is 45.2 Å². The molecule has 1 heterocycles. The van der Waals surface area contributed by atoms with E-state index in [1.165, 1.54) is 17.2 Å². The van der Waals surface area contributed by atoms with Gasteiger partial charge in [-0.1, -0.05) is 29.8 Å². The molecule has 2 aromatic carbocycles. The summed E-state index contributed by atoms with van der Waals surface area (Å²) in [6.45, 7) is 5.35. The molecule has 1 aliphatic heterocycles. The number of carbonyl (C=O) groups excluding carboxylic acids is 1. The third-order valence-corrected chi connectivity index (χ3v) is 5.65. The summed E-state index contributed by atoms with van der Waals surface area (Å²) < 4.78 is 14.7. The molecule has 29 heavy (non-hydrogen) atoms. The van der Waals surface area contributed by atoms with Gasteiger partial charge in [-0.2, -0.15) is 5.10 Å². The minimum absolute atomic E-state index is 0.0583. The molecular formula is C23H27FN4O. The summed E-state index contributed by atoms with van der Waals surface area (Å²) >= 11 is 0. The Balaban J connectivity index is 1.47. The largest absolute Gasteiger partial charge is 0.322 e. The van der Waals surface area contributed by atoms with E-state index in [9.17, 15) is 9.18 Å². The lowest BCUT2D eigenvalue weighted by Gasteiger charge is -2.24. The maximum atomic E-state index is 14.7. The first kappa shape index (κ1) is 19.4. The lowest BCUT2D eigenvalue weighted by molar-refractivity contribution is 0.206. The number of nitrogens with one attached hydrogen (secondary N) is 1. The fraction of sp³-hybridized carbons (Fsp3) is 0.391. The zero-order chi connectivity index (χ0) is 20.5. The highest BCUT2D eigenvalue weighted by atomic mass is 19.1. The van der Waals surface area contributed by atoms with E-state index in [0.29, 0.717) is 24.3 Å². The first-order chi connectivity index (χ1) is 13.9. The highest BCUT2D eigenvalue weighted by molar-refractivity contribution is 5.90. The van der Waals surface area contributed by atoms with Gasteiger partial charge in [0.15, 0.2) is 0 Å². The number of nitrogens with zero attached hydrogens (tertiary/aromatic N) is 3. The van der Waals surface area contributed by atoms with E-state index in [2.05, 4.69) is 42.5 Å². The zero-order valence-corrected chi connectivity index (χ0v) is 17.2. The van der Waals surface area contributed by atoms with Crippen molar-refractivity contribution < 1.29 is 9.18 Å². The summed E-state index contributed by atoms with van der Waals surface area (Å²) in [5, 5.41) is 8.85. The van der Waals surface area contributed by atoms with Crippen LogP contribution in [0.3, 0.4) is 0 Å². The maximum absolute atomic E-state index is 14.7. The average Bonchev–Trinajstić information content (AvgIpc) is 3.43. The predicted molar refractivity (Wildman–Crippen MR) is 114 cm³/mol. The highest BCUT2D eigenvalue weighted by Crippen LogP contribution is 2.30. The van der Waals surface area contributed by atoms with Crippen LogP contribution in [0.25, 0.3) is 0 Å². The number of hydrogen-bond acceptors (Lipinski definition) is 3. The molecule has 2 aromatic rings. The van der Waals surface area contributed by atoms with Gasteiger partial charge in [-0.3, -0.25) is 5.01 Å². The fourth-order valence-electron chi connectivity index (χ4n) is 3.76. The summed E-state index contributed by atoms with van der Waals surface area (Å²) in [4.78, 5) is 14.8. The van der Waals surface area contributed by atoms with Crippen molar-refractivity contribution in [2.75, 3.05) is 18.9 Å². The Kier molecular flexibility index (Phi) is 5.26. The van der Waals surface area contributed by atoms with Gasteiger partial charge in [-0.05, 0) is 55.5 Å². The van der Waals surface area contributed by atoms with Gasteiger partial charge in [-0.25, -0.2) is 9.18 Å². The van der Waals surface area contributed by atoms with E-state index < -0.39 is 0 Å². The Labute approximate surface area is 171 Å². The molecule has 4 rings (SSSR count). The van der Waals surface area contributed by atoms with E-state index in [-0.39, 0.29) is 23.8 Å². The van der Waals surface area contributed by atoms with Crippen LogP contribution in [0.5, 0.6) is 0 Å². The molecule has 1 unspecified atom stereocenters. The second-order valence-electron chi connectivity index (χ2n) is 8.17. The summed E-state index contributed by atoms with van der Waals surface area (Å²) in [6.07, 6.45) is 3.79. The molecule has 152 valence electrons.